The van der Waals surface area contributed by atoms with Crippen LogP contribution in [0.2, 0.25) is 0 Å². The summed E-state index contributed by atoms with van der Waals surface area (Å²) >= 11 is 0. The highest BCUT2D eigenvalue weighted by Crippen LogP contribution is 2.28. The zero-order valence-corrected chi connectivity index (χ0v) is 13.4. The van der Waals surface area contributed by atoms with Crippen molar-refractivity contribution in [3.8, 4) is 0 Å². The van der Waals surface area contributed by atoms with Crippen LogP contribution in [0.5, 0.6) is 0 Å². The van der Waals surface area contributed by atoms with Gasteiger partial charge in [0.05, 0.1) is 21.4 Å². The number of rotatable bonds is 3. The molecule has 0 radical (unpaired) electrons. The van der Waals surface area contributed by atoms with Crippen LogP contribution < -0.4 is 4.90 Å². The van der Waals surface area contributed by atoms with Gasteiger partial charge in [-0.25, -0.2) is 0 Å². The number of aryl methyl sites for hydroxylation is 2. The quantitative estimate of drug-likeness (QED) is 0.873. The molecule has 0 saturated carbocycles. The van der Waals surface area contributed by atoms with E-state index in [0.29, 0.717) is 18.7 Å². The molecule has 0 spiro atoms. The van der Waals surface area contributed by atoms with Gasteiger partial charge in [0.1, 0.15) is 0 Å². The van der Waals surface area contributed by atoms with E-state index in [1.54, 1.807) is 4.90 Å². The summed E-state index contributed by atoms with van der Waals surface area (Å²) in [5.74, 6) is 0.625. The summed E-state index contributed by atoms with van der Waals surface area (Å²) < 4.78 is 12.1. The summed E-state index contributed by atoms with van der Waals surface area (Å²) in [6, 6.07) is 15.7. The first-order valence-corrected chi connectivity index (χ1v) is 8.81. The number of carbonyl (C=O) groups excluding carboxylic acids is 1. The van der Waals surface area contributed by atoms with Crippen molar-refractivity contribution < 1.29 is 9.00 Å². The molecular formula is C18H19NO2S. The number of benzene rings is 2. The van der Waals surface area contributed by atoms with Crippen LogP contribution in [0.3, 0.4) is 0 Å². The van der Waals surface area contributed by atoms with E-state index < -0.39 is 10.8 Å². The number of nitrogens with zero attached hydrogens (tertiary/aromatic N) is 1. The van der Waals surface area contributed by atoms with Crippen LogP contribution in [0.1, 0.15) is 17.5 Å². The van der Waals surface area contributed by atoms with Gasteiger partial charge in [0.15, 0.2) is 0 Å². The minimum absolute atomic E-state index is 0.104. The molecule has 3 nitrogen and oxygen atoms in total. The highest BCUT2D eigenvalue weighted by Gasteiger charge is 2.25. The molecule has 0 saturated heterocycles. The second-order valence-corrected chi connectivity index (χ2v) is 7.03. The Bertz CT molecular complexity index is 727. The second-order valence-electron chi connectivity index (χ2n) is 5.49. The maximum absolute atomic E-state index is 12.6. The van der Waals surface area contributed by atoms with Gasteiger partial charge in [0, 0.05) is 18.7 Å². The zero-order chi connectivity index (χ0) is 15.5. The van der Waals surface area contributed by atoms with Crippen LogP contribution in [0, 0.1) is 6.92 Å². The van der Waals surface area contributed by atoms with Crippen molar-refractivity contribution >= 4 is 22.4 Å². The van der Waals surface area contributed by atoms with Crippen LogP contribution >= 0.6 is 0 Å². The third-order valence-corrected chi connectivity index (χ3v) is 5.46. The van der Waals surface area contributed by atoms with E-state index in [9.17, 15) is 9.00 Å². The van der Waals surface area contributed by atoms with Crippen molar-refractivity contribution in [3.05, 3.63) is 59.7 Å². The summed E-state index contributed by atoms with van der Waals surface area (Å²) in [6.07, 6.45) is 1.22. The summed E-state index contributed by atoms with van der Waals surface area (Å²) in [5.41, 5.74) is 3.24. The molecule has 1 amide bonds. The van der Waals surface area contributed by atoms with Gasteiger partial charge in [-0.3, -0.25) is 9.00 Å². The largest absolute Gasteiger partial charge is 0.310 e. The highest BCUT2D eigenvalue weighted by molar-refractivity contribution is 7.85. The van der Waals surface area contributed by atoms with E-state index in [4.69, 9.17) is 0 Å². The summed E-state index contributed by atoms with van der Waals surface area (Å²) in [6.45, 7) is 2.61. The smallest absolute Gasteiger partial charge is 0.227 e. The van der Waals surface area contributed by atoms with Gasteiger partial charge < -0.3 is 4.90 Å². The Kier molecular flexibility index (Phi) is 4.39. The Hall–Kier alpha value is -1.94. The van der Waals surface area contributed by atoms with Gasteiger partial charge in [-0.2, -0.15) is 0 Å². The van der Waals surface area contributed by atoms with Crippen LogP contribution in [0.25, 0.3) is 0 Å². The SMILES string of the molecule is Cc1ccccc1CCC(=O)N1CCS(=O)c2ccccc21. The number of carbonyl (C=O) groups is 1. The fourth-order valence-electron chi connectivity index (χ4n) is 2.80. The molecule has 4 heteroatoms. The second kappa shape index (κ2) is 6.44. The molecule has 0 aliphatic carbocycles. The molecule has 1 atom stereocenters. The van der Waals surface area contributed by atoms with E-state index in [1.807, 2.05) is 36.4 Å². The van der Waals surface area contributed by atoms with Crippen molar-refractivity contribution in [1.82, 2.24) is 0 Å². The zero-order valence-electron chi connectivity index (χ0n) is 12.6. The number of hydrogen-bond donors (Lipinski definition) is 0. The van der Waals surface area contributed by atoms with Gasteiger partial charge in [0.25, 0.3) is 0 Å². The number of fused-ring (bicyclic) bond motifs is 1. The van der Waals surface area contributed by atoms with Crippen LogP contribution in [0.4, 0.5) is 5.69 Å². The lowest BCUT2D eigenvalue weighted by atomic mass is 10.0. The number of anilines is 1. The third-order valence-electron chi connectivity index (χ3n) is 4.07. The Morgan fingerprint density at radius 3 is 2.68 bits per heavy atom. The van der Waals surface area contributed by atoms with Crippen molar-refractivity contribution in [2.75, 3.05) is 17.2 Å². The monoisotopic (exact) mass is 313 g/mol. The lowest BCUT2D eigenvalue weighted by Crippen LogP contribution is -2.38. The van der Waals surface area contributed by atoms with E-state index in [2.05, 4.69) is 19.1 Å². The van der Waals surface area contributed by atoms with Gasteiger partial charge in [-0.05, 0) is 36.6 Å². The Labute approximate surface area is 133 Å². The number of amides is 1. The first-order chi connectivity index (χ1) is 10.7. The molecular weight excluding hydrogens is 294 g/mol. The van der Waals surface area contributed by atoms with Gasteiger partial charge in [-0.15, -0.1) is 0 Å². The molecule has 1 heterocycles. The molecule has 1 aliphatic heterocycles. The average Bonchev–Trinajstić information content (AvgIpc) is 2.54. The molecule has 2 aromatic carbocycles. The first kappa shape index (κ1) is 15.0. The normalized spacial score (nSPS) is 17.1. The summed E-state index contributed by atoms with van der Waals surface area (Å²) in [5, 5.41) is 0. The number of hydrogen-bond acceptors (Lipinski definition) is 2. The molecule has 114 valence electrons. The summed E-state index contributed by atoms with van der Waals surface area (Å²) in [7, 11) is -0.990. The maximum atomic E-state index is 12.6. The molecule has 0 bridgehead atoms. The molecule has 1 aliphatic rings. The van der Waals surface area contributed by atoms with Gasteiger partial charge in [0.2, 0.25) is 5.91 Å². The topological polar surface area (TPSA) is 37.4 Å². The highest BCUT2D eigenvalue weighted by atomic mass is 32.2. The molecule has 1 unspecified atom stereocenters. The Morgan fingerprint density at radius 1 is 1.14 bits per heavy atom. The third kappa shape index (κ3) is 2.97. The standard InChI is InChI=1S/C18H19NO2S/c1-14-6-2-3-7-15(14)10-11-18(20)19-12-13-22(21)17-9-5-4-8-16(17)19/h2-9H,10-13H2,1H3. The van der Waals surface area contributed by atoms with E-state index in [1.165, 1.54) is 11.1 Å². The molecule has 22 heavy (non-hydrogen) atoms. The van der Waals surface area contributed by atoms with Gasteiger partial charge in [-0.1, -0.05) is 36.4 Å². The van der Waals surface area contributed by atoms with Crippen molar-refractivity contribution in [2.24, 2.45) is 0 Å². The van der Waals surface area contributed by atoms with Crippen LogP contribution in [0.15, 0.2) is 53.4 Å². The van der Waals surface area contributed by atoms with Crippen molar-refractivity contribution in [3.63, 3.8) is 0 Å². The minimum atomic E-state index is -0.990. The number of para-hydroxylation sites is 1. The fraction of sp³-hybridized carbons (Fsp3) is 0.278. The maximum Gasteiger partial charge on any atom is 0.227 e. The van der Waals surface area contributed by atoms with Gasteiger partial charge >= 0.3 is 0 Å². The first-order valence-electron chi connectivity index (χ1n) is 7.49. The van der Waals surface area contributed by atoms with Crippen molar-refractivity contribution in [2.45, 2.75) is 24.7 Å². The Morgan fingerprint density at radius 2 is 1.86 bits per heavy atom. The molecule has 2 aromatic rings. The van der Waals surface area contributed by atoms with E-state index in [-0.39, 0.29) is 5.91 Å². The molecule has 0 aromatic heterocycles. The lowest BCUT2D eigenvalue weighted by molar-refractivity contribution is -0.118. The van der Waals surface area contributed by atoms with Crippen molar-refractivity contribution in [1.29, 1.82) is 0 Å². The van der Waals surface area contributed by atoms with Crippen LogP contribution in [-0.4, -0.2) is 22.4 Å². The van der Waals surface area contributed by atoms with E-state index in [0.717, 1.165) is 17.0 Å². The Balaban J connectivity index is 1.75. The molecule has 0 N–H and O–H groups in total. The van der Waals surface area contributed by atoms with E-state index >= 15 is 0 Å². The van der Waals surface area contributed by atoms with Crippen LogP contribution in [-0.2, 0) is 22.0 Å². The minimum Gasteiger partial charge on any atom is -0.310 e. The fourth-order valence-corrected chi connectivity index (χ4v) is 4.01. The molecule has 0 fully saturated rings. The molecule has 3 rings (SSSR count). The predicted molar refractivity (Wildman–Crippen MR) is 89.6 cm³/mol. The summed E-state index contributed by atoms with van der Waals surface area (Å²) in [4.78, 5) is 15.1. The average molecular weight is 313 g/mol. The lowest BCUT2D eigenvalue weighted by Gasteiger charge is -2.29. The predicted octanol–water partition coefficient (Wildman–Crippen LogP) is 3.08.